The molecule has 89 heavy (non-hydrogen) atoms. The van der Waals surface area contributed by atoms with Gasteiger partial charge in [-0.3, -0.25) is 14.2 Å². The summed E-state index contributed by atoms with van der Waals surface area (Å²) < 4.78 is 30.5. The first kappa shape index (κ1) is 85.2. The van der Waals surface area contributed by atoms with Gasteiger partial charge in [0, 0.05) is 12.8 Å². The van der Waals surface area contributed by atoms with Crippen LogP contribution in [0.2, 0.25) is 0 Å². The minimum atomic E-state index is -4.72. The summed E-state index contributed by atoms with van der Waals surface area (Å²) in [6.07, 6.45) is 95.7. The third-order valence-electron chi connectivity index (χ3n) is 15.6. The van der Waals surface area contributed by atoms with E-state index in [0.29, 0.717) is 17.4 Å². The quantitative estimate of drug-likeness (QED) is 0.0212. The third-order valence-corrected chi connectivity index (χ3v) is 16.5. The van der Waals surface area contributed by atoms with Gasteiger partial charge in [-0.25, -0.2) is 0 Å². The number of phosphoric ester groups is 1. The molecule has 10 heteroatoms. The minimum Gasteiger partial charge on any atom is -0.756 e. The summed E-state index contributed by atoms with van der Waals surface area (Å²) in [5.41, 5.74) is 0. The average Bonchev–Trinajstić information content (AvgIpc) is 3.63. The van der Waals surface area contributed by atoms with E-state index in [0.717, 1.165) is 148 Å². The van der Waals surface area contributed by atoms with Crippen LogP contribution >= 0.6 is 7.82 Å². The van der Waals surface area contributed by atoms with Gasteiger partial charge in [-0.1, -0.05) is 302 Å². The first-order valence-corrected chi connectivity index (χ1v) is 38.0. The molecule has 0 heterocycles. The number of hydrogen-bond acceptors (Lipinski definition) is 7. The van der Waals surface area contributed by atoms with E-state index < -0.39 is 26.6 Å². The van der Waals surface area contributed by atoms with Crippen LogP contribution in [0.15, 0.2) is 134 Å². The number of unbranched alkanes of at least 4 members (excludes halogenated alkanes) is 29. The summed E-state index contributed by atoms with van der Waals surface area (Å²) >= 11 is 0. The Bertz CT molecular complexity index is 1990. The van der Waals surface area contributed by atoms with Crippen LogP contribution in [0.4, 0.5) is 0 Å². The van der Waals surface area contributed by atoms with Crippen molar-refractivity contribution in [2.24, 2.45) is 0 Å². The van der Waals surface area contributed by atoms with Gasteiger partial charge in [0.15, 0.2) is 0 Å². The van der Waals surface area contributed by atoms with Crippen molar-refractivity contribution in [1.82, 2.24) is 5.32 Å². The predicted octanol–water partition coefficient (Wildman–Crippen LogP) is 22.9. The lowest BCUT2D eigenvalue weighted by Gasteiger charge is -2.30. The van der Waals surface area contributed by atoms with E-state index in [1.165, 1.54) is 122 Å². The van der Waals surface area contributed by atoms with Gasteiger partial charge in [0.2, 0.25) is 5.91 Å². The smallest absolute Gasteiger partial charge is 0.306 e. The highest BCUT2D eigenvalue weighted by atomic mass is 31.2. The van der Waals surface area contributed by atoms with E-state index in [1.807, 2.05) is 33.3 Å². The highest BCUT2D eigenvalue weighted by Crippen LogP contribution is 2.38. The zero-order chi connectivity index (χ0) is 64.9. The number of hydrogen-bond donors (Lipinski definition) is 1. The Hall–Kier alpha value is -3.85. The largest absolute Gasteiger partial charge is 0.756 e. The van der Waals surface area contributed by atoms with Crippen molar-refractivity contribution >= 4 is 19.7 Å². The van der Waals surface area contributed by atoms with E-state index >= 15 is 0 Å². The van der Waals surface area contributed by atoms with Gasteiger partial charge < -0.3 is 28.5 Å². The molecular formula is C79H137N2O7P. The molecule has 0 saturated carbocycles. The number of nitrogens with zero attached hydrogens (tertiary/aromatic N) is 1. The molecule has 3 unspecified atom stereocenters. The van der Waals surface area contributed by atoms with E-state index in [1.54, 1.807) is 0 Å². The van der Waals surface area contributed by atoms with Gasteiger partial charge in [0.05, 0.1) is 33.8 Å². The maximum absolute atomic E-state index is 13.6. The number of carbonyl (C=O) groups excluding carboxylic acids is 2. The van der Waals surface area contributed by atoms with Gasteiger partial charge >= 0.3 is 5.97 Å². The van der Waals surface area contributed by atoms with Crippen LogP contribution in [0, 0.1) is 0 Å². The molecule has 1 N–H and O–H groups in total. The van der Waals surface area contributed by atoms with Crippen LogP contribution in [-0.2, 0) is 27.9 Å². The third kappa shape index (κ3) is 68.4. The van der Waals surface area contributed by atoms with Crippen molar-refractivity contribution in [3.05, 3.63) is 134 Å². The Morgan fingerprint density at radius 2 is 0.719 bits per heavy atom. The van der Waals surface area contributed by atoms with Crippen LogP contribution in [0.3, 0.4) is 0 Å². The van der Waals surface area contributed by atoms with Crippen molar-refractivity contribution in [2.45, 2.75) is 315 Å². The summed E-state index contributed by atoms with van der Waals surface area (Å²) in [5.74, 6) is -0.559. The molecule has 0 saturated heterocycles. The van der Waals surface area contributed by atoms with Gasteiger partial charge in [-0.2, -0.15) is 0 Å². The molecule has 0 aliphatic rings. The molecule has 3 atom stereocenters. The van der Waals surface area contributed by atoms with Crippen LogP contribution in [0.25, 0.3) is 0 Å². The molecule has 0 bridgehead atoms. The van der Waals surface area contributed by atoms with E-state index in [2.05, 4.69) is 148 Å². The molecule has 0 aromatic rings. The number of quaternary nitrogens is 1. The SMILES string of the molecule is CC/C=C\C/C=C\C/C=C\C/C=C\C/C=C\CCCCCCCCCCCCCC(=O)OC(/C=C/CCCCCCCCCCCCC)C(COP(=O)([O-])OCC[N+](C)(C)C)NC(=O)CCCCCCCCC/C=C\C/C=C\C/C=C\C/C=C\C/C=C\CC. The standard InChI is InChI=1S/C79H137N2O7P/c1-7-10-13-16-19-22-25-28-30-32-34-36-38-39-40-41-43-45-47-49-51-54-57-60-63-66-69-72-79(83)88-77(70-67-64-61-58-55-52-27-24-21-18-15-12-9-3)76(75-87-89(84,85)86-74-73-81(4,5)6)80-78(82)71-68-65-62-59-56-53-50-48-46-44-42-37-35-33-31-29-26-23-20-17-14-11-8-2/h10-11,13-14,19-20,22-23,28-31,34-37,39-40,44,46,67,70,76-77H,7-9,12,15-18,21,24-27,32-33,38,41-43,45,47-66,68-69,71-75H2,1-6H3,(H-,80,82,84,85)/b13-10-,14-11-,22-19-,23-20-,30-28-,31-29-,36-34-,37-35-,40-39-,46-44-,70-67+. The van der Waals surface area contributed by atoms with Crippen molar-refractivity contribution in [1.29, 1.82) is 0 Å². The van der Waals surface area contributed by atoms with Crippen LogP contribution < -0.4 is 10.2 Å². The van der Waals surface area contributed by atoms with Gasteiger partial charge in [0.1, 0.15) is 19.3 Å². The summed E-state index contributed by atoms with van der Waals surface area (Å²) in [5, 5.41) is 3.04. The Labute approximate surface area is 549 Å². The maximum Gasteiger partial charge on any atom is 0.306 e. The zero-order valence-corrected chi connectivity index (χ0v) is 59.2. The fraction of sp³-hybridized carbons (Fsp3) is 0.696. The second kappa shape index (κ2) is 67.1. The molecule has 0 rings (SSSR count). The number of rotatable bonds is 65. The van der Waals surface area contributed by atoms with Crippen molar-refractivity contribution in [3.8, 4) is 0 Å². The number of nitrogens with one attached hydrogen (secondary N) is 1. The Kier molecular flexibility index (Phi) is 64.2. The minimum absolute atomic E-state index is 0.0314. The number of ether oxygens (including phenoxy) is 1. The lowest BCUT2D eigenvalue weighted by molar-refractivity contribution is -0.870. The summed E-state index contributed by atoms with van der Waals surface area (Å²) in [6.45, 7) is 6.62. The summed E-state index contributed by atoms with van der Waals surface area (Å²) in [7, 11) is 1.16. The average molecular weight is 1260 g/mol. The molecule has 0 aliphatic carbocycles. The Balaban J connectivity index is 5.11. The molecule has 9 nitrogen and oxygen atoms in total. The molecule has 0 aliphatic heterocycles. The fourth-order valence-electron chi connectivity index (χ4n) is 10.0. The molecular weight excluding hydrogens is 1120 g/mol. The highest BCUT2D eigenvalue weighted by Gasteiger charge is 2.27. The molecule has 0 aromatic carbocycles. The monoisotopic (exact) mass is 1260 g/mol. The second-order valence-corrected chi connectivity index (χ2v) is 26.7. The highest BCUT2D eigenvalue weighted by molar-refractivity contribution is 7.45. The predicted molar refractivity (Wildman–Crippen MR) is 385 cm³/mol. The van der Waals surface area contributed by atoms with Crippen molar-refractivity contribution < 1.29 is 37.3 Å². The van der Waals surface area contributed by atoms with E-state index in [-0.39, 0.29) is 24.9 Å². The molecule has 0 aromatic heterocycles. The first-order chi connectivity index (χ1) is 43.4. The normalized spacial score (nSPS) is 14.3. The first-order valence-electron chi connectivity index (χ1n) is 36.5. The Morgan fingerprint density at radius 1 is 0.404 bits per heavy atom. The molecule has 0 spiro atoms. The van der Waals surface area contributed by atoms with Gasteiger partial charge in [-0.15, -0.1) is 0 Å². The van der Waals surface area contributed by atoms with Gasteiger partial charge in [0.25, 0.3) is 7.82 Å². The van der Waals surface area contributed by atoms with Crippen LogP contribution in [0.5, 0.6) is 0 Å². The van der Waals surface area contributed by atoms with Crippen molar-refractivity contribution in [2.75, 3.05) is 40.9 Å². The molecule has 510 valence electrons. The fourth-order valence-corrected chi connectivity index (χ4v) is 10.8. The maximum atomic E-state index is 13.6. The number of phosphoric acid groups is 1. The van der Waals surface area contributed by atoms with E-state index in [9.17, 15) is 19.0 Å². The number of carbonyl (C=O) groups is 2. The number of allylic oxidation sites excluding steroid dienone is 21. The lowest BCUT2D eigenvalue weighted by atomic mass is 10.0. The number of esters is 1. The van der Waals surface area contributed by atoms with E-state index in [4.69, 9.17) is 13.8 Å². The topological polar surface area (TPSA) is 114 Å². The Morgan fingerprint density at radius 3 is 1.08 bits per heavy atom. The van der Waals surface area contributed by atoms with Gasteiger partial charge in [-0.05, 0) is 122 Å². The zero-order valence-electron chi connectivity index (χ0n) is 58.3. The lowest BCUT2D eigenvalue weighted by Crippen LogP contribution is -2.47. The molecule has 0 fully saturated rings. The van der Waals surface area contributed by atoms with Crippen LogP contribution in [-0.4, -0.2) is 69.4 Å². The summed E-state index contributed by atoms with van der Waals surface area (Å²) in [4.78, 5) is 40.3. The summed E-state index contributed by atoms with van der Waals surface area (Å²) in [6, 6.07) is -0.906. The molecule has 1 amide bonds. The second-order valence-electron chi connectivity index (χ2n) is 25.3. The molecule has 0 radical (unpaired) electrons. The number of likely N-dealkylation sites (N-methyl/N-ethyl adjacent to an activating group) is 1. The number of amides is 1. The van der Waals surface area contributed by atoms with Crippen LogP contribution in [0.1, 0.15) is 303 Å². The van der Waals surface area contributed by atoms with Crippen molar-refractivity contribution in [3.63, 3.8) is 0 Å².